The number of hydrogen-bond donors (Lipinski definition) is 2. The Morgan fingerprint density at radius 1 is 1.36 bits per heavy atom. The van der Waals surface area contributed by atoms with E-state index in [-0.39, 0.29) is 22.9 Å². The van der Waals surface area contributed by atoms with Gasteiger partial charge < -0.3 is 10.4 Å². The number of halogens is 2. The van der Waals surface area contributed by atoms with Crippen LogP contribution in [-0.2, 0) is 9.59 Å². The maximum Gasteiger partial charge on any atom is 0.330 e. The van der Waals surface area contributed by atoms with Crippen molar-refractivity contribution in [1.82, 2.24) is 5.32 Å². The predicted octanol–water partition coefficient (Wildman–Crippen LogP) is 3.61. The van der Waals surface area contributed by atoms with Gasteiger partial charge in [-0.25, -0.2) is 9.18 Å². The summed E-state index contributed by atoms with van der Waals surface area (Å²) in [6, 6.07) is 2.41. The molecule has 1 aliphatic carbocycles. The number of amides is 1. The highest BCUT2D eigenvalue weighted by atomic mass is 35.5. The van der Waals surface area contributed by atoms with Crippen LogP contribution in [0.1, 0.15) is 43.7 Å². The Hall–Kier alpha value is -1.88. The monoisotopic (exact) mass is 325 g/mol. The van der Waals surface area contributed by atoms with Crippen LogP contribution in [0.2, 0.25) is 5.02 Å². The number of aliphatic carboxylic acids is 1. The molecule has 0 fully saturated rings. The predicted molar refractivity (Wildman–Crippen MR) is 81.1 cm³/mol. The van der Waals surface area contributed by atoms with Gasteiger partial charge in [0.05, 0.1) is 5.02 Å². The zero-order valence-electron chi connectivity index (χ0n) is 11.9. The largest absolute Gasteiger partial charge is 0.479 e. The summed E-state index contributed by atoms with van der Waals surface area (Å²) in [5.74, 6) is -2.33. The second-order valence-corrected chi connectivity index (χ2v) is 5.70. The van der Waals surface area contributed by atoms with Crippen LogP contribution in [0.3, 0.4) is 0 Å². The van der Waals surface area contributed by atoms with Crippen molar-refractivity contribution in [3.63, 3.8) is 0 Å². The smallest absolute Gasteiger partial charge is 0.330 e. The minimum absolute atomic E-state index is 0.0911. The Morgan fingerprint density at radius 3 is 2.73 bits per heavy atom. The molecule has 0 spiro atoms. The number of carbonyl (C=O) groups excluding carboxylic acids is 1. The first-order chi connectivity index (χ1) is 10.5. The van der Waals surface area contributed by atoms with Gasteiger partial charge in [-0.15, -0.1) is 0 Å². The molecule has 2 rings (SSSR count). The normalized spacial score (nSPS) is 15.8. The molecule has 0 aromatic heterocycles. The molecule has 118 valence electrons. The third-order valence-electron chi connectivity index (χ3n) is 3.60. The highest BCUT2D eigenvalue weighted by molar-refractivity contribution is 6.30. The molecule has 0 saturated heterocycles. The summed E-state index contributed by atoms with van der Waals surface area (Å²) in [6.45, 7) is 0. The van der Waals surface area contributed by atoms with E-state index in [1.165, 1.54) is 12.1 Å². The van der Waals surface area contributed by atoms with Crippen molar-refractivity contribution < 1.29 is 19.1 Å². The van der Waals surface area contributed by atoms with E-state index in [1.54, 1.807) is 0 Å². The summed E-state index contributed by atoms with van der Waals surface area (Å²) < 4.78 is 13.5. The molecule has 0 radical (unpaired) electrons. The summed E-state index contributed by atoms with van der Waals surface area (Å²) >= 11 is 5.58. The molecule has 1 atom stereocenters. The van der Waals surface area contributed by atoms with E-state index in [9.17, 15) is 19.1 Å². The van der Waals surface area contributed by atoms with E-state index in [0.717, 1.165) is 37.3 Å². The molecule has 1 amide bonds. The first-order valence-corrected chi connectivity index (χ1v) is 7.50. The van der Waals surface area contributed by atoms with Crippen LogP contribution in [0.25, 0.3) is 0 Å². The quantitative estimate of drug-likeness (QED) is 0.813. The first kappa shape index (κ1) is 16.5. The van der Waals surface area contributed by atoms with Gasteiger partial charge in [-0.1, -0.05) is 29.3 Å². The van der Waals surface area contributed by atoms with Crippen LogP contribution in [-0.4, -0.2) is 17.0 Å². The molecule has 0 aliphatic heterocycles. The average molecular weight is 326 g/mol. The van der Waals surface area contributed by atoms with Gasteiger partial charge in [0.25, 0.3) is 0 Å². The van der Waals surface area contributed by atoms with E-state index >= 15 is 0 Å². The number of rotatable bonds is 5. The van der Waals surface area contributed by atoms with Crippen molar-refractivity contribution in [2.24, 2.45) is 0 Å². The molecule has 1 unspecified atom stereocenters. The third kappa shape index (κ3) is 4.31. The maximum absolute atomic E-state index is 13.5. The van der Waals surface area contributed by atoms with Crippen LogP contribution < -0.4 is 5.32 Å². The molecular weight excluding hydrogens is 309 g/mol. The van der Waals surface area contributed by atoms with E-state index in [1.807, 2.05) is 6.08 Å². The van der Waals surface area contributed by atoms with E-state index in [0.29, 0.717) is 0 Å². The molecular formula is C16H17ClFNO3. The molecule has 1 aromatic rings. The molecule has 4 nitrogen and oxygen atoms in total. The number of nitrogens with one attached hydrogen (secondary N) is 1. The van der Waals surface area contributed by atoms with Crippen molar-refractivity contribution in [2.75, 3.05) is 0 Å². The van der Waals surface area contributed by atoms with Crippen molar-refractivity contribution in [1.29, 1.82) is 0 Å². The van der Waals surface area contributed by atoms with E-state index in [4.69, 9.17) is 11.6 Å². The van der Waals surface area contributed by atoms with E-state index in [2.05, 4.69) is 5.32 Å². The lowest BCUT2D eigenvalue weighted by Crippen LogP contribution is -2.34. The van der Waals surface area contributed by atoms with Gasteiger partial charge in [-0.2, -0.15) is 0 Å². The van der Waals surface area contributed by atoms with Gasteiger partial charge in [0.1, 0.15) is 5.82 Å². The highest BCUT2D eigenvalue weighted by Gasteiger charge is 2.23. The van der Waals surface area contributed by atoms with Gasteiger partial charge in [0.2, 0.25) is 5.91 Å². The van der Waals surface area contributed by atoms with Crippen LogP contribution in [0.15, 0.2) is 29.8 Å². The second kappa shape index (κ2) is 7.40. The average Bonchev–Trinajstić information content (AvgIpc) is 2.48. The lowest BCUT2D eigenvalue weighted by Gasteiger charge is -2.17. The number of allylic oxidation sites excluding steroid dienone is 1. The number of benzene rings is 1. The minimum Gasteiger partial charge on any atom is -0.479 e. The number of carboxylic acids is 1. The Morgan fingerprint density at radius 2 is 2.14 bits per heavy atom. The molecule has 1 aromatic carbocycles. The molecule has 22 heavy (non-hydrogen) atoms. The lowest BCUT2D eigenvalue weighted by molar-refractivity contribution is -0.142. The molecule has 6 heteroatoms. The Kier molecular flexibility index (Phi) is 5.55. The summed E-state index contributed by atoms with van der Waals surface area (Å²) in [5, 5.41) is 11.6. The van der Waals surface area contributed by atoms with Crippen molar-refractivity contribution in [3.8, 4) is 0 Å². The van der Waals surface area contributed by atoms with Crippen molar-refractivity contribution >= 4 is 23.5 Å². The van der Waals surface area contributed by atoms with E-state index < -0.39 is 17.8 Å². The summed E-state index contributed by atoms with van der Waals surface area (Å²) in [6.07, 6.45) is 6.19. The Bertz CT molecular complexity index is 615. The van der Waals surface area contributed by atoms with Gasteiger partial charge >= 0.3 is 5.97 Å². The molecule has 0 heterocycles. The van der Waals surface area contributed by atoms with Crippen molar-refractivity contribution in [2.45, 2.75) is 38.1 Å². The highest BCUT2D eigenvalue weighted by Crippen LogP contribution is 2.23. The summed E-state index contributed by atoms with van der Waals surface area (Å²) in [4.78, 5) is 23.4. The standard InChI is InChI=1S/C16H17ClFNO3/c17-12-7-6-11(9-13(12)18)15(16(21)22)19-14(20)8-10-4-2-1-3-5-10/h4,6-7,9,15H,1-3,5,8H2,(H,19,20)(H,21,22). The van der Waals surface area contributed by atoms with Gasteiger partial charge in [-0.05, 0) is 43.4 Å². The summed E-state index contributed by atoms with van der Waals surface area (Å²) in [5.41, 5.74) is 1.18. The SMILES string of the molecule is O=C(CC1=CCCCC1)NC(C(=O)O)c1ccc(Cl)c(F)c1. The van der Waals surface area contributed by atoms with Crippen LogP contribution >= 0.6 is 11.6 Å². The zero-order chi connectivity index (χ0) is 16.1. The minimum atomic E-state index is -1.29. The number of hydrogen-bond acceptors (Lipinski definition) is 2. The van der Waals surface area contributed by atoms with Gasteiger partial charge in [-0.3, -0.25) is 4.79 Å². The zero-order valence-corrected chi connectivity index (χ0v) is 12.7. The fourth-order valence-electron chi connectivity index (χ4n) is 2.46. The van der Waals surface area contributed by atoms with Gasteiger partial charge in [0.15, 0.2) is 6.04 Å². The fraction of sp³-hybridized carbons (Fsp3) is 0.375. The van der Waals surface area contributed by atoms with Gasteiger partial charge in [0, 0.05) is 6.42 Å². The summed E-state index contributed by atoms with van der Waals surface area (Å²) in [7, 11) is 0. The third-order valence-corrected chi connectivity index (χ3v) is 3.91. The first-order valence-electron chi connectivity index (χ1n) is 7.12. The molecule has 2 N–H and O–H groups in total. The molecule has 0 bridgehead atoms. The van der Waals surface area contributed by atoms with Crippen LogP contribution in [0.5, 0.6) is 0 Å². The van der Waals surface area contributed by atoms with Crippen LogP contribution in [0, 0.1) is 5.82 Å². The van der Waals surface area contributed by atoms with Crippen LogP contribution in [0.4, 0.5) is 4.39 Å². The second-order valence-electron chi connectivity index (χ2n) is 5.30. The fourth-order valence-corrected chi connectivity index (χ4v) is 2.58. The topological polar surface area (TPSA) is 66.4 Å². The number of carbonyl (C=O) groups is 2. The molecule has 0 saturated carbocycles. The van der Waals surface area contributed by atoms with Crippen molar-refractivity contribution in [3.05, 3.63) is 46.3 Å². The Labute approximate surface area is 133 Å². The lowest BCUT2D eigenvalue weighted by atomic mass is 9.96. The molecule has 1 aliphatic rings. The number of carboxylic acid groups (broad SMARTS) is 1. The maximum atomic E-state index is 13.5. The Balaban J connectivity index is 2.08.